The van der Waals surface area contributed by atoms with Crippen LogP contribution in [-0.2, 0) is 22.6 Å². The van der Waals surface area contributed by atoms with Crippen LogP contribution in [0.5, 0.6) is 0 Å². The largest absolute Gasteiger partial charge is 0.341 e. The van der Waals surface area contributed by atoms with E-state index >= 15 is 0 Å². The highest BCUT2D eigenvalue weighted by Crippen LogP contribution is 2.14. The molecular weight excluding hydrogens is 328 g/mol. The quantitative estimate of drug-likeness (QED) is 0.346. The van der Waals surface area contributed by atoms with E-state index in [-0.39, 0.29) is 11.8 Å². The first-order valence-corrected chi connectivity index (χ1v) is 9.82. The summed E-state index contributed by atoms with van der Waals surface area (Å²) in [4.78, 5) is 24.9. The number of aryl methyl sites for hydroxylation is 1. The average molecular weight is 365 g/mol. The average Bonchev–Trinajstić information content (AvgIpc) is 2.67. The van der Waals surface area contributed by atoms with Gasteiger partial charge in [-0.3, -0.25) is 14.8 Å². The van der Waals surface area contributed by atoms with Crippen LogP contribution in [-0.4, -0.2) is 29.0 Å². The predicted octanol–water partition coefficient (Wildman–Crippen LogP) is 4.47. The molecule has 0 atom stereocenters. The Hall–Kier alpha value is -1.88. The van der Waals surface area contributed by atoms with Crippen LogP contribution in [0.2, 0.25) is 0 Å². The van der Waals surface area contributed by atoms with E-state index in [2.05, 4.69) is 19.1 Å². The number of hydroxylamine groups is 1. The van der Waals surface area contributed by atoms with E-state index in [0.717, 1.165) is 38.5 Å². The monoisotopic (exact) mass is 364 g/mol. The first-order valence-electron chi connectivity index (χ1n) is 9.82. The van der Waals surface area contributed by atoms with Crippen molar-refractivity contribution in [3.63, 3.8) is 0 Å². The summed E-state index contributed by atoms with van der Waals surface area (Å²) in [7, 11) is 1.86. The van der Waals surface area contributed by atoms with E-state index in [1.165, 1.54) is 11.1 Å². The molecule has 5 nitrogen and oxygen atoms in total. The van der Waals surface area contributed by atoms with Gasteiger partial charge in [0.2, 0.25) is 11.8 Å². The molecule has 0 unspecified atom stereocenters. The van der Waals surface area contributed by atoms with Gasteiger partial charge in [0.15, 0.2) is 0 Å². The molecule has 0 radical (unpaired) electrons. The Kier molecular flexibility index (Phi) is 14.3. The van der Waals surface area contributed by atoms with Crippen LogP contribution in [0, 0.1) is 0 Å². The molecule has 2 amide bonds. The van der Waals surface area contributed by atoms with Crippen molar-refractivity contribution in [1.82, 2.24) is 10.4 Å². The molecule has 0 aliphatic heterocycles. The molecule has 0 aliphatic carbocycles. The predicted molar refractivity (Wildman–Crippen MR) is 106 cm³/mol. The Morgan fingerprint density at radius 3 is 2.15 bits per heavy atom. The zero-order chi connectivity index (χ0) is 19.8. The Morgan fingerprint density at radius 2 is 1.58 bits per heavy atom. The topological polar surface area (TPSA) is 69.6 Å². The molecule has 1 rings (SSSR count). The zero-order valence-electron chi connectivity index (χ0n) is 16.9. The molecule has 0 saturated carbocycles. The molecular formula is C21H36N2O3. The van der Waals surface area contributed by atoms with Crippen LogP contribution in [0.3, 0.4) is 0 Å². The highest BCUT2D eigenvalue weighted by atomic mass is 16.5. The van der Waals surface area contributed by atoms with E-state index in [4.69, 9.17) is 5.21 Å². The zero-order valence-corrected chi connectivity index (χ0v) is 16.9. The fourth-order valence-electron chi connectivity index (χ4n) is 2.73. The highest BCUT2D eigenvalue weighted by Gasteiger charge is 2.11. The minimum Gasteiger partial charge on any atom is -0.341 e. The maximum absolute atomic E-state index is 12.2. The van der Waals surface area contributed by atoms with Crippen molar-refractivity contribution in [3.05, 3.63) is 35.4 Å². The van der Waals surface area contributed by atoms with Gasteiger partial charge in [-0.15, -0.1) is 0 Å². The summed E-state index contributed by atoms with van der Waals surface area (Å²) in [5, 5.41) is 8.40. The van der Waals surface area contributed by atoms with Gasteiger partial charge in [0.05, 0.1) is 0 Å². The van der Waals surface area contributed by atoms with Crippen LogP contribution < -0.4 is 5.48 Å². The molecule has 0 heterocycles. The van der Waals surface area contributed by atoms with Crippen LogP contribution >= 0.6 is 0 Å². The Labute approximate surface area is 158 Å². The summed E-state index contributed by atoms with van der Waals surface area (Å²) in [6, 6.07) is 8.31. The highest BCUT2D eigenvalue weighted by molar-refractivity contribution is 5.76. The second-order valence-electron chi connectivity index (χ2n) is 6.22. The third kappa shape index (κ3) is 10.2. The standard InChI is InChI=1S/C19H30N2O3.C2H6/c1-3-10-16-11-8-9-12-17(16)15-21(2)19(23)14-7-5-4-6-13-18(22)20-24;1-2/h8-9,11-12,24H,3-7,10,13-15H2,1-2H3,(H,20,22);1-2H3. The summed E-state index contributed by atoms with van der Waals surface area (Å²) in [6.45, 7) is 6.82. The molecule has 148 valence electrons. The van der Waals surface area contributed by atoms with Crippen LogP contribution in [0.4, 0.5) is 0 Å². The lowest BCUT2D eigenvalue weighted by Gasteiger charge is -2.19. The normalized spacial score (nSPS) is 9.88. The lowest BCUT2D eigenvalue weighted by atomic mass is 10.0. The lowest BCUT2D eigenvalue weighted by molar-refractivity contribution is -0.131. The molecule has 0 fully saturated rings. The van der Waals surface area contributed by atoms with Crippen molar-refractivity contribution in [2.45, 2.75) is 78.7 Å². The number of hydrogen-bond acceptors (Lipinski definition) is 3. The maximum atomic E-state index is 12.2. The van der Waals surface area contributed by atoms with Gasteiger partial charge >= 0.3 is 0 Å². The van der Waals surface area contributed by atoms with Gasteiger partial charge in [0, 0.05) is 26.4 Å². The Morgan fingerprint density at radius 1 is 1.00 bits per heavy atom. The van der Waals surface area contributed by atoms with Crippen LogP contribution in [0.1, 0.15) is 76.8 Å². The second kappa shape index (κ2) is 15.4. The number of rotatable bonds is 11. The summed E-state index contributed by atoms with van der Waals surface area (Å²) >= 11 is 0. The van der Waals surface area contributed by atoms with E-state index in [9.17, 15) is 9.59 Å². The molecule has 0 saturated heterocycles. The molecule has 0 bridgehead atoms. The number of amides is 2. The third-order valence-corrected chi connectivity index (χ3v) is 4.14. The number of unbranched alkanes of at least 4 members (excludes halogenated alkanes) is 3. The summed E-state index contributed by atoms with van der Waals surface area (Å²) < 4.78 is 0. The number of carbonyl (C=O) groups is 2. The van der Waals surface area contributed by atoms with Crippen molar-refractivity contribution in [2.24, 2.45) is 0 Å². The molecule has 0 aromatic heterocycles. The summed E-state index contributed by atoms with van der Waals surface area (Å²) in [5.74, 6) is -0.189. The smallest absolute Gasteiger partial charge is 0.243 e. The maximum Gasteiger partial charge on any atom is 0.243 e. The van der Waals surface area contributed by atoms with Gasteiger partial charge in [-0.05, 0) is 30.4 Å². The first-order chi connectivity index (χ1) is 12.6. The van der Waals surface area contributed by atoms with Crippen molar-refractivity contribution >= 4 is 11.8 Å². The number of carbonyl (C=O) groups excluding carboxylic acids is 2. The van der Waals surface area contributed by atoms with Gasteiger partial charge < -0.3 is 4.90 Å². The van der Waals surface area contributed by atoms with Gasteiger partial charge in [0.25, 0.3) is 0 Å². The van der Waals surface area contributed by atoms with E-state index in [1.807, 2.05) is 33.0 Å². The van der Waals surface area contributed by atoms with Crippen LogP contribution in [0.25, 0.3) is 0 Å². The van der Waals surface area contributed by atoms with Crippen LogP contribution in [0.15, 0.2) is 24.3 Å². The van der Waals surface area contributed by atoms with Gasteiger partial charge in [0.1, 0.15) is 0 Å². The molecule has 1 aromatic carbocycles. The second-order valence-corrected chi connectivity index (χ2v) is 6.22. The fraction of sp³-hybridized carbons (Fsp3) is 0.619. The van der Waals surface area contributed by atoms with Crippen molar-refractivity contribution < 1.29 is 14.8 Å². The van der Waals surface area contributed by atoms with E-state index < -0.39 is 0 Å². The van der Waals surface area contributed by atoms with Crippen molar-refractivity contribution in [3.8, 4) is 0 Å². The minimum atomic E-state index is -0.350. The molecule has 5 heteroatoms. The molecule has 2 N–H and O–H groups in total. The van der Waals surface area contributed by atoms with E-state index in [0.29, 0.717) is 19.4 Å². The van der Waals surface area contributed by atoms with Gasteiger partial charge in [-0.2, -0.15) is 0 Å². The van der Waals surface area contributed by atoms with Crippen molar-refractivity contribution in [2.75, 3.05) is 7.05 Å². The molecule has 0 spiro atoms. The van der Waals surface area contributed by atoms with Gasteiger partial charge in [-0.25, -0.2) is 5.48 Å². The van der Waals surface area contributed by atoms with E-state index in [1.54, 1.807) is 10.4 Å². The number of nitrogens with one attached hydrogen (secondary N) is 1. The Bertz CT molecular complexity index is 518. The third-order valence-electron chi connectivity index (χ3n) is 4.14. The molecule has 1 aromatic rings. The number of nitrogens with zero attached hydrogens (tertiary/aromatic N) is 1. The fourth-order valence-corrected chi connectivity index (χ4v) is 2.73. The summed E-state index contributed by atoms with van der Waals surface area (Å²) in [5.41, 5.74) is 4.17. The molecule has 26 heavy (non-hydrogen) atoms. The SMILES string of the molecule is CC.CCCc1ccccc1CN(C)C(=O)CCCCCCC(=O)NO. The number of hydrogen-bond donors (Lipinski definition) is 2. The number of benzene rings is 1. The van der Waals surface area contributed by atoms with Crippen molar-refractivity contribution in [1.29, 1.82) is 0 Å². The Balaban J connectivity index is 0.00000301. The van der Waals surface area contributed by atoms with Gasteiger partial charge in [-0.1, -0.05) is 64.3 Å². The minimum absolute atomic E-state index is 0.161. The summed E-state index contributed by atoms with van der Waals surface area (Å²) in [6.07, 6.45) is 6.40. The molecule has 0 aliphatic rings. The lowest BCUT2D eigenvalue weighted by Crippen LogP contribution is -2.26. The first kappa shape index (κ1) is 24.1.